The summed E-state index contributed by atoms with van der Waals surface area (Å²) in [5, 5.41) is -0.120. The maximum absolute atomic E-state index is 12.8. The van der Waals surface area contributed by atoms with Crippen LogP contribution in [-0.4, -0.2) is 7.11 Å². The normalized spacial score (nSPS) is 12.9. The second-order valence-electron chi connectivity index (χ2n) is 2.89. The van der Waals surface area contributed by atoms with E-state index in [0.29, 0.717) is 6.61 Å². The van der Waals surface area contributed by atoms with Crippen LogP contribution < -0.4 is 0 Å². The lowest BCUT2D eigenvalue weighted by atomic mass is 10.1. The molecule has 0 saturated heterocycles. The fourth-order valence-corrected chi connectivity index (χ4v) is 1.46. The van der Waals surface area contributed by atoms with Gasteiger partial charge < -0.3 is 4.74 Å². The Balaban J connectivity index is 3.03. The van der Waals surface area contributed by atoms with E-state index in [4.69, 9.17) is 16.3 Å². The van der Waals surface area contributed by atoms with Gasteiger partial charge in [0.05, 0.1) is 12.0 Å². The van der Waals surface area contributed by atoms with E-state index in [0.717, 1.165) is 11.1 Å². The Morgan fingerprint density at radius 1 is 1.54 bits per heavy atom. The average Bonchev–Trinajstić information content (AvgIpc) is 2.04. The second kappa shape index (κ2) is 4.58. The zero-order valence-electron chi connectivity index (χ0n) is 7.68. The Morgan fingerprint density at radius 2 is 2.23 bits per heavy atom. The Hall–Kier alpha value is -0.600. The predicted molar refractivity (Wildman–Crippen MR) is 51.4 cm³/mol. The summed E-state index contributed by atoms with van der Waals surface area (Å²) in [6, 6.07) is 4.56. The first-order valence-electron chi connectivity index (χ1n) is 4.06. The van der Waals surface area contributed by atoms with Crippen molar-refractivity contribution in [2.24, 2.45) is 0 Å². The molecule has 0 saturated carbocycles. The van der Waals surface area contributed by atoms with Gasteiger partial charge in [0.25, 0.3) is 0 Å². The Labute approximate surface area is 82.5 Å². The van der Waals surface area contributed by atoms with Crippen molar-refractivity contribution in [2.75, 3.05) is 7.11 Å². The molecule has 1 rings (SSSR count). The highest BCUT2D eigenvalue weighted by Gasteiger charge is 2.08. The van der Waals surface area contributed by atoms with Crippen LogP contribution in [0.3, 0.4) is 0 Å². The van der Waals surface area contributed by atoms with Gasteiger partial charge in [-0.25, -0.2) is 4.39 Å². The van der Waals surface area contributed by atoms with E-state index in [1.165, 1.54) is 12.1 Å². The molecule has 1 aromatic rings. The van der Waals surface area contributed by atoms with E-state index < -0.39 is 0 Å². The molecule has 1 aromatic carbocycles. The van der Waals surface area contributed by atoms with Crippen molar-refractivity contribution >= 4 is 11.6 Å². The van der Waals surface area contributed by atoms with Crippen LogP contribution in [0.15, 0.2) is 18.2 Å². The number of rotatable bonds is 3. The van der Waals surface area contributed by atoms with Crippen molar-refractivity contribution in [1.82, 2.24) is 0 Å². The molecular formula is C10H12ClFO. The minimum absolute atomic E-state index is 0.120. The molecule has 0 fully saturated rings. The molecule has 1 nitrogen and oxygen atoms in total. The molecule has 0 spiro atoms. The van der Waals surface area contributed by atoms with Crippen molar-refractivity contribution in [3.05, 3.63) is 35.1 Å². The molecule has 0 aliphatic heterocycles. The van der Waals surface area contributed by atoms with Crippen LogP contribution in [0.25, 0.3) is 0 Å². The summed E-state index contributed by atoms with van der Waals surface area (Å²) in [6.07, 6.45) is 0. The first-order chi connectivity index (χ1) is 6.15. The summed E-state index contributed by atoms with van der Waals surface area (Å²) in [6.45, 7) is 2.25. The molecule has 1 atom stereocenters. The first kappa shape index (κ1) is 10.5. The molecule has 0 N–H and O–H groups in total. The van der Waals surface area contributed by atoms with Gasteiger partial charge >= 0.3 is 0 Å². The maximum atomic E-state index is 12.8. The third kappa shape index (κ3) is 2.68. The smallest absolute Gasteiger partial charge is 0.123 e. The van der Waals surface area contributed by atoms with E-state index >= 15 is 0 Å². The molecule has 0 amide bonds. The molecule has 0 radical (unpaired) electrons. The molecule has 13 heavy (non-hydrogen) atoms. The molecule has 3 heteroatoms. The second-order valence-corrected chi connectivity index (χ2v) is 3.55. The van der Waals surface area contributed by atoms with Gasteiger partial charge in [0.15, 0.2) is 0 Å². The molecule has 1 unspecified atom stereocenters. The quantitative estimate of drug-likeness (QED) is 0.684. The standard InChI is InChI=1S/C10H12ClFO/c1-7(11)10-4-3-9(12)5-8(10)6-13-2/h3-5,7H,6H2,1-2H3. The van der Waals surface area contributed by atoms with Crippen LogP contribution in [-0.2, 0) is 11.3 Å². The third-order valence-corrected chi connectivity index (χ3v) is 2.07. The minimum atomic E-state index is -0.256. The number of halogens is 2. The van der Waals surface area contributed by atoms with Crippen molar-refractivity contribution < 1.29 is 9.13 Å². The van der Waals surface area contributed by atoms with Crippen molar-refractivity contribution in [1.29, 1.82) is 0 Å². The van der Waals surface area contributed by atoms with Crippen LogP contribution in [0, 0.1) is 5.82 Å². The SMILES string of the molecule is COCc1cc(F)ccc1C(C)Cl. The Kier molecular flexibility index (Phi) is 3.70. The van der Waals surface area contributed by atoms with Crippen LogP contribution in [0.1, 0.15) is 23.4 Å². The van der Waals surface area contributed by atoms with Gasteiger partial charge in [-0.15, -0.1) is 11.6 Å². The van der Waals surface area contributed by atoms with E-state index in [1.807, 2.05) is 6.92 Å². The lowest BCUT2D eigenvalue weighted by Crippen LogP contribution is -1.97. The van der Waals surface area contributed by atoms with Crippen molar-refractivity contribution in [2.45, 2.75) is 18.9 Å². The highest BCUT2D eigenvalue weighted by Crippen LogP contribution is 2.24. The highest BCUT2D eigenvalue weighted by atomic mass is 35.5. The molecule has 0 aliphatic rings. The summed E-state index contributed by atoms with van der Waals surface area (Å²) >= 11 is 5.92. The van der Waals surface area contributed by atoms with Gasteiger partial charge in [0.1, 0.15) is 5.82 Å². The number of methoxy groups -OCH3 is 1. The van der Waals surface area contributed by atoms with Gasteiger partial charge in [-0.1, -0.05) is 6.07 Å². The number of ether oxygens (including phenoxy) is 1. The lowest BCUT2D eigenvalue weighted by Gasteiger charge is -2.10. The fraction of sp³-hybridized carbons (Fsp3) is 0.400. The zero-order valence-corrected chi connectivity index (χ0v) is 8.44. The van der Waals surface area contributed by atoms with Gasteiger partial charge in [-0.2, -0.15) is 0 Å². The highest BCUT2D eigenvalue weighted by molar-refractivity contribution is 6.20. The van der Waals surface area contributed by atoms with E-state index in [9.17, 15) is 4.39 Å². The van der Waals surface area contributed by atoms with Crippen molar-refractivity contribution in [3.8, 4) is 0 Å². The molecule has 0 bridgehead atoms. The van der Waals surface area contributed by atoms with Crippen LogP contribution in [0.4, 0.5) is 4.39 Å². The summed E-state index contributed by atoms with van der Waals surface area (Å²) < 4.78 is 17.8. The lowest BCUT2D eigenvalue weighted by molar-refractivity contribution is 0.184. The summed E-state index contributed by atoms with van der Waals surface area (Å²) in [5.74, 6) is -0.256. The van der Waals surface area contributed by atoms with Gasteiger partial charge in [0, 0.05) is 7.11 Å². The largest absolute Gasteiger partial charge is 0.380 e. The van der Waals surface area contributed by atoms with Crippen LogP contribution in [0.2, 0.25) is 0 Å². The fourth-order valence-electron chi connectivity index (χ4n) is 1.24. The minimum Gasteiger partial charge on any atom is -0.380 e. The number of hydrogen-bond acceptors (Lipinski definition) is 1. The van der Waals surface area contributed by atoms with Gasteiger partial charge in [-0.05, 0) is 30.2 Å². The Morgan fingerprint density at radius 3 is 2.77 bits per heavy atom. The predicted octanol–water partition coefficient (Wildman–Crippen LogP) is 3.27. The van der Waals surface area contributed by atoms with Crippen LogP contribution in [0.5, 0.6) is 0 Å². The van der Waals surface area contributed by atoms with Gasteiger partial charge in [0.2, 0.25) is 0 Å². The molecule has 72 valence electrons. The molecule has 0 heterocycles. The topological polar surface area (TPSA) is 9.23 Å². The Bertz CT molecular complexity index is 286. The van der Waals surface area contributed by atoms with E-state index in [1.54, 1.807) is 13.2 Å². The average molecular weight is 203 g/mol. The molecular weight excluding hydrogens is 191 g/mol. The maximum Gasteiger partial charge on any atom is 0.123 e. The first-order valence-corrected chi connectivity index (χ1v) is 4.50. The third-order valence-electron chi connectivity index (χ3n) is 1.83. The zero-order chi connectivity index (χ0) is 9.84. The van der Waals surface area contributed by atoms with Crippen molar-refractivity contribution in [3.63, 3.8) is 0 Å². The summed E-state index contributed by atoms with van der Waals surface area (Å²) in [4.78, 5) is 0. The van der Waals surface area contributed by atoms with Crippen LogP contribution >= 0.6 is 11.6 Å². The van der Waals surface area contributed by atoms with Gasteiger partial charge in [-0.3, -0.25) is 0 Å². The molecule has 0 aliphatic carbocycles. The monoisotopic (exact) mass is 202 g/mol. The summed E-state index contributed by atoms with van der Waals surface area (Å²) in [7, 11) is 1.58. The molecule has 0 aromatic heterocycles. The number of alkyl halides is 1. The summed E-state index contributed by atoms with van der Waals surface area (Å²) in [5.41, 5.74) is 1.73. The number of benzene rings is 1. The van der Waals surface area contributed by atoms with E-state index in [-0.39, 0.29) is 11.2 Å². The van der Waals surface area contributed by atoms with E-state index in [2.05, 4.69) is 0 Å². The number of hydrogen-bond donors (Lipinski definition) is 0.